The third-order valence-corrected chi connectivity index (χ3v) is 4.66. The quantitative estimate of drug-likeness (QED) is 0.764. The maximum Gasteiger partial charge on any atom is 0.279 e. The number of para-hydroxylation sites is 1. The first-order valence-electron chi connectivity index (χ1n) is 7.89. The summed E-state index contributed by atoms with van der Waals surface area (Å²) >= 11 is 3.38. The van der Waals surface area contributed by atoms with E-state index in [1.54, 1.807) is 19.1 Å². The Kier molecular flexibility index (Phi) is 6.20. The van der Waals surface area contributed by atoms with Crippen molar-refractivity contribution in [2.45, 2.75) is 33.8 Å². The molecule has 2 rings (SSSR count). The zero-order chi connectivity index (χ0) is 18.6. The molecule has 0 radical (unpaired) electrons. The summed E-state index contributed by atoms with van der Waals surface area (Å²) in [5.41, 5.74) is 8.17. The molecule has 0 saturated carbocycles. The van der Waals surface area contributed by atoms with E-state index < -0.39 is 17.9 Å². The summed E-state index contributed by atoms with van der Waals surface area (Å²) in [5.74, 6) is -0.144. The number of halogens is 1. The third-order valence-electron chi connectivity index (χ3n) is 3.81. The van der Waals surface area contributed by atoms with E-state index in [9.17, 15) is 9.59 Å². The van der Waals surface area contributed by atoms with E-state index in [1.165, 1.54) is 0 Å². The zero-order valence-corrected chi connectivity index (χ0v) is 16.2. The maximum atomic E-state index is 12.2. The molecule has 0 aromatic heterocycles. The molecular formula is C19H21BrN2O3. The first-order chi connectivity index (χ1) is 11.8. The molecule has 0 unspecified atom stereocenters. The normalized spacial score (nSPS) is 11.6. The number of aryl methyl sites for hydroxylation is 3. The van der Waals surface area contributed by atoms with Crippen LogP contribution in [0.15, 0.2) is 40.9 Å². The van der Waals surface area contributed by atoms with Gasteiger partial charge in [-0.2, -0.15) is 0 Å². The van der Waals surface area contributed by atoms with E-state index in [1.807, 2.05) is 45.0 Å². The molecule has 0 aliphatic carbocycles. The van der Waals surface area contributed by atoms with Crippen molar-refractivity contribution in [3.63, 3.8) is 0 Å². The number of ether oxygens (including phenoxy) is 1. The summed E-state index contributed by atoms with van der Waals surface area (Å²) in [4.78, 5) is 24.3. The van der Waals surface area contributed by atoms with Gasteiger partial charge in [0, 0.05) is 10.0 Å². The predicted octanol–water partition coefficient (Wildman–Crippen LogP) is 3.60. The number of amides is 2. The van der Waals surface area contributed by atoms with Crippen molar-refractivity contribution in [3.05, 3.63) is 63.1 Å². The monoisotopic (exact) mass is 404 g/mol. The van der Waals surface area contributed by atoms with Gasteiger partial charge in [0.05, 0.1) is 0 Å². The highest BCUT2D eigenvalue weighted by molar-refractivity contribution is 9.10. The molecule has 6 heteroatoms. The molecule has 0 aliphatic rings. The van der Waals surface area contributed by atoms with Crippen LogP contribution in [-0.4, -0.2) is 17.9 Å². The van der Waals surface area contributed by atoms with Crippen LogP contribution in [0.2, 0.25) is 0 Å². The molecule has 5 nitrogen and oxygen atoms in total. The second kappa shape index (κ2) is 8.16. The average molecular weight is 405 g/mol. The highest BCUT2D eigenvalue weighted by Gasteiger charge is 2.18. The van der Waals surface area contributed by atoms with E-state index in [-0.39, 0.29) is 0 Å². The van der Waals surface area contributed by atoms with Crippen LogP contribution in [-0.2, 0) is 4.79 Å². The first kappa shape index (κ1) is 19.0. The minimum absolute atomic E-state index is 0.395. The van der Waals surface area contributed by atoms with Gasteiger partial charge in [-0.1, -0.05) is 40.2 Å². The predicted molar refractivity (Wildman–Crippen MR) is 100 cm³/mol. The summed E-state index contributed by atoms with van der Waals surface area (Å²) in [6.07, 6.45) is -0.746. The topological polar surface area (TPSA) is 67.4 Å². The lowest BCUT2D eigenvalue weighted by Crippen LogP contribution is -2.47. The lowest BCUT2D eigenvalue weighted by molar-refractivity contribution is -0.128. The molecule has 2 aromatic carbocycles. The van der Waals surface area contributed by atoms with E-state index >= 15 is 0 Å². The number of benzene rings is 2. The third kappa shape index (κ3) is 4.82. The number of hydrazine groups is 1. The zero-order valence-electron chi connectivity index (χ0n) is 14.6. The minimum Gasteiger partial charge on any atom is -0.480 e. The number of rotatable bonds is 4. The highest BCUT2D eigenvalue weighted by Crippen LogP contribution is 2.23. The summed E-state index contributed by atoms with van der Waals surface area (Å²) in [7, 11) is 0. The maximum absolute atomic E-state index is 12.2. The molecule has 132 valence electrons. The summed E-state index contributed by atoms with van der Waals surface area (Å²) in [5, 5.41) is 0. The fourth-order valence-electron chi connectivity index (χ4n) is 2.24. The van der Waals surface area contributed by atoms with Gasteiger partial charge >= 0.3 is 0 Å². The van der Waals surface area contributed by atoms with Gasteiger partial charge in [-0.15, -0.1) is 0 Å². The van der Waals surface area contributed by atoms with E-state index in [2.05, 4.69) is 26.8 Å². The lowest BCUT2D eigenvalue weighted by Gasteiger charge is -2.18. The molecule has 0 spiro atoms. The highest BCUT2D eigenvalue weighted by atomic mass is 79.9. The summed E-state index contributed by atoms with van der Waals surface area (Å²) in [6.45, 7) is 7.41. The fourth-order valence-corrected chi connectivity index (χ4v) is 2.62. The molecule has 0 fully saturated rings. The van der Waals surface area contributed by atoms with Crippen molar-refractivity contribution in [1.29, 1.82) is 0 Å². The van der Waals surface area contributed by atoms with Crippen LogP contribution in [0.25, 0.3) is 0 Å². The van der Waals surface area contributed by atoms with Gasteiger partial charge in [-0.3, -0.25) is 20.4 Å². The van der Waals surface area contributed by atoms with Crippen molar-refractivity contribution in [2.24, 2.45) is 0 Å². The number of hydrogen-bond acceptors (Lipinski definition) is 3. The van der Waals surface area contributed by atoms with Crippen LogP contribution in [0.3, 0.4) is 0 Å². The molecule has 0 aliphatic heterocycles. The molecule has 25 heavy (non-hydrogen) atoms. The Balaban J connectivity index is 1.95. The Bertz CT molecular complexity index is 785. The van der Waals surface area contributed by atoms with Crippen LogP contribution in [0.5, 0.6) is 5.75 Å². The Morgan fingerprint density at radius 3 is 2.24 bits per heavy atom. The SMILES string of the molecule is Cc1ccc(C(=O)NNC(=O)[C@H](C)Oc2c(C)cccc2C)cc1Br. The van der Waals surface area contributed by atoms with E-state index in [4.69, 9.17) is 4.74 Å². The van der Waals surface area contributed by atoms with Crippen LogP contribution in [0.4, 0.5) is 0 Å². The number of hydrogen-bond donors (Lipinski definition) is 2. The smallest absolute Gasteiger partial charge is 0.279 e. The number of carbonyl (C=O) groups excluding carboxylic acids is 2. The van der Waals surface area contributed by atoms with Gasteiger partial charge in [-0.05, 0) is 56.5 Å². The second-order valence-electron chi connectivity index (χ2n) is 5.89. The van der Waals surface area contributed by atoms with Crippen LogP contribution in [0.1, 0.15) is 34.0 Å². The number of carbonyl (C=O) groups is 2. The van der Waals surface area contributed by atoms with Gasteiger partial charge in [0.15, 0.2) is 6.10 Å². The summed E-state index contributed by atoms with van der Waals surface area (Å²) in [6, 6.07) is 11.0. The Hall–Kier alpha value is -2.34. The Labute approximate surface area is 155 Å². The molecule has 2 amide bonds. The van der Waals surface area contributed by atoms with Crippen LogP contribution >= 0.6 is 15.9 Å². The molecule has 0 heterocycles. The van der Waals surface area contributed by atoms with Gasteiger partial charge in [0.1, 0.15) is 5.75 Å². The first-order valence-corrected chi connectivity index (χ1v) is 8.68. The van der Waals surface area contributed by atoms with Gasteiger partial charge in [0.25, 0.3) is 11.8 Å². The minimum atomic E-state index is -0.746. The molecule has 2 N–H and O–H groups in total. The average Bonchev–Trinajstić information content (AvgIpc) is 2.58. The van der Waals surface area contributed by atoms with Crippen molar-refractivity contribution >= 4 is 27.7 Å². The molecule has 0 saturated heterocycles. The number of nitrogens with one attached hydrogen (secondary N) is 2. The van der Waals surface area contributed by atoms with Gasteiger partial charge in [0.2, 0.25) is 0 Å². The Morgan fingerprint density at radius 2 is 1.64 bits per heavy atom. The molecule has 2 aromatic rings. The van der Waals surface area contributed by atoms with E-state index in [0.717, 1.165) is 21.2 Å². The van der Waals surface area contributed by atoms with Gasteiger partial charge < -0.3 is 4.74 Å². The fraction of sp³-hybridized carbons (Fsp3) is 0.263. The van der Waals surface area contributed by atoms with Gasteiger partial charge in [-0.25, -0.2) is 0 Å². The second-order valence-corrected chi connectivity index (χ2v) is 6.74. The molecular weight excluding hydrogens is 384 g/mol. The van der Waals surface area contributed by atoms with E-state index in [0.29, 0.717) is 11.3 Å². The van der Waals surface area contributed by atoms with Crippen LogP contribution in [0, 0.1) is 20.8 Å². The van der Waals surface area contributed by atoms with Crippen molar-refractivity contribution in [2.75, 3.05) is 0 Å². The molecule has 0 bridgehead atoms. The standard InChI is InChI=1S/C19H21BrN2O3/c1-11-8-9-15(10-16(11)20)19(24)22-21-18(23)14(4)25-17-12(2)6-5-7-13(17)3/h5-10,14H,1-4H3,(H,21,23)(H,22,24)/t14-/m0/s1. The van der Waals surface area contributed by atoms with Crippen molar-refractivity contribution < 1.29 is 14.3 Å². The van der Waals surface area contributed by atoms with Crippen LogP contribution < -0.4 is 15.6 Å². The largest absolute Gasteiger partial charge is 0.480 e. The lowest BCUT2D eigenvalue weighted by atomic mass is 10.1. The van der Waals surface area contributed by atoms with Crippen molar-refractivity contribution in [3.8, 4) is 5.75 Å². The summed E-state index contributed by atoms with van der Waals surface area (Å²) < 4.78 is 6.57. The molecule has 1 atom stereocenters. The Morgan fingerprint density at radius 1 is 1.00 bits per heavy atom. The van der Waals surface area contributed by atoms with Crippen molar-refractivity contribution in [1.82, 2.24) is 10.9 Å².